The van der Waals surface area contributed by atoms with Gasteiger partial charge in [-0.2, -0.15) is 0 Å². The van der Waals surface area contributed by atoms with E-state index in [-0.39, 0.29) is 5.11 Å². The summed E-state index contributed by atoms with van der Waals surface area (Å²) in [6.07, 6.45) is 2.61. The molecule has 0 spiro atoms. The van der Waals surface area contributed by atoms with Crippen LogP contribution in [0.1, 0.15) is 5.56 Å². The number of thiocarbonyl (C=S) groups is 1. The summed E-state index contributed by atoms with van der Waals surface area (Å²) in [5.41, 5.74) is 7.28. The molecule has 0 bridgehead atoms. The first-order valence-corrected chi connectivity index (χ1v) is 4.32. The first kappa shape index (κ1) is 9.74. The Morgan fingerprint density at radius 2 is 2.54 bits per heavy atom. The maximum atomic E-state index is 5.36. The fourth-order valence-electron chi connectivity index (χ4n) is 1.04. The molecule has 13 heavy (non-hydrogen) atoms. The van der Waals surface area contributed by atoms with Crippen LogP contribution < -0.4 is 11.1 Å². The van der Waals surface area contributed by atoms with Crippen molar-refractivity contribution >= 4 is 23.0 Å². The summed E-state index contributed by atoms with van der Waals surface area (Å²) in [6.45, 7) is 3.67. The topological polar surface area (TPSA) is 38.0 Å². The van der Waals surface area contributed by atoms with E-state index < -0.39 is 0 Å². The number of nitrogens with one attached hydrogen (secondary N) is 1. The van der Waals surface area contributed by atoms with Crippen LogP contribution in [0, 0.1) is 6.07 Å². The third-order valence-corrected chi connectivity index (χ3v) is 1.66. The van der Waals surface area contributed by atoms with Crippen molar-refractivity contribution in [1.29, 1.82) is 0 Å². The van der Waals surface area contributed by atoms with Gasteiger partial charge in [-0.1, -0.05) is 24.3 Å². The van der Waals surface area contributed by atoms with E-state index >= 15 is 0 Å². The molecule has 1 rings (SSSR count). The molecule has 67 valence electrons. The normalized spacial score (nSPS) is 9.23. The lowest BCUT2D eigenvalue weighted by molar-refractivity contribution is 1.27. The molecule has 0 atom stereocenters. The molecule has 3 heteroatoms. The maximum absolute atomic E-state index is 5.36. The van der Waals surface area contributed by atoms with Crippen LogP contribution in [-0.4, -0.2) is 5.11 Å². The fourth-order valence-corrected chi connectivity index (χ4v) is 1.14. The van der Waals surface area contributed by atoms with Crippen molar-refractivity contribution in [3.63, 3.8) is 0 Å². The number of para-hydroxylation sites is 1. The summed E-state index contributed by atoms with van der Waals surface area (Å²) >= 11 is 4.74. The molecule has 0 unspecified atom stereocenters. The second-order valence-electron chi connectivity index (χ2n) is 2.55. The molecule has 3 N–H and O–H groups in total. The second-order valence-corrected chi connectivity index (χ2v) is 2.99. The lowest BCUT2D eigenvalue weighted by atomic mass is 10.1. The average molecular weight is 191 g/mol. The van der Waals surface area contributed by atoms with Crippen LogP contribution in [0.15, 0.2) is 30.9 Å². The van der Waals surface area contributed by atoms with Crippen LogP contribution in [0.4, 0.5) is 5.69 Å². The Balaban J connectivity index is 2.90. The average Bonchev–Trinajstić information content (AvgIpc) is 2.08. The molecule has 1 aromatic carbocycles. The third-order valence-electron chi connectivity index (χ3n) is 1.55. The van der Waals surface area contributed by atoms with Gasteiger partial charge in [-0.15, -0.1) is 6.58 Å². The van der Waals surface area contributed by atoms with Gasteiger partial charge in [-0.25, -0.2) is 0 Å². The Bertz CT molecular complexity index is 320. The minimum absolute atomic E-state index is 0.257. The van der Waals surface area contributed by atoms with Gasteiger partial charge in [0.25, 0.3) is 0 Å². The monoisotopic (exact) mass is 191 g/mol. The Labute approximate surface area is 83.5 Å². The van der Waals surface area contributed by atoms with E-state index in [0.29, 0.717) is 0 Å². The second kappa shape index (κ2) is 4.62. The Morgan fingerprint density at radius 3 is 3.15 bits per heavy atom. The maximum Gasteiger partial charge on any atom is 0.168 e. The van der Waals surface area contributed by atoms with Gasteiger partial charge < -0.3 is 11.1 Å². The standard InChI is InChI=1S/C10H11N2S/c1-2-5-8-6-3-4-7-9(8)12-10(11)13/h2-4,6H,1,5H2,(H3,11,12,13). The molecule has 0 aliphatic heterocycles. The molecular formula is C10H11N2S. The van der Waals surface area contributed by atoms with E-state index in [1.54, 1.807) is 0 Å². The molecule has 0 saturated carbocycles. The van der Waals surface area contributed by atoms with E-state index in [9.17, 15) is 0 Å². The minimum atomic E-state index is 0.257. The number of anilines is 1. The van der Waals surface area contributed by atoms with Crippen molar-refractivity contribution in [2.45, 2.75) is 6.42 Å². The molecule has 0 fully saturated rings. The van der Waals surface area contributed by atoms with Crippen molar-refractivity contribution in [2.75, 3.05) is 5.32 Å². The van der Waals surface area contributed by atoms with E-state index in [2.05, 4.69) is 18.0 Å². The summed E-state index contributed by atoms with van der Waals surface area (Å²) < 4.78 is 0. The summed E-state index contributed by atoms with van der Waals surface area (Å²) in [4.78, 5) is 0. The minimum Gasteiger partial charge on any atom is -0.376 e. The number of nitrogens with two attached hydrogens (primary N) is 1. The summed E-state index contributed by atoms with van der Waals surface area (Å²) in [5, 5.41) is 3.12. The highest BCUT2D eigenvalue weighted by Gasteiger charge is 1.99. The zero-order valence-corrected chi connectivity index (χ0v) is 8.03. The lowest BCUT2D eigenvalue weighted by Crippen LogP contribution is -2.19. The first-order chi connectivity index (χ1) is 6.24. The summed E-state index contributed by atoms with van der Waals surface area (Å²) in [7, 11) is 0. The van der Waals surface area contributed by atoms with Gasteiger partial charge in [0.15, 0.2) is 5.11 Å². The molecule has 0 aliphatic carbocycles. The van der Waals surface area contributed by atoms with Crippen molar-refractivity contribution in [1.82, 2.24) is 0 Å². The number of hydrogen-bond acceptors (Lipinski definition) is 1. The van der Waals surface area contributed by atoms with E-state index in [1.165, 1.54) is 0 Å². The van der Waals surface area contributed by atoms with Crippen LogP contribution in [0.5, 0.6) is 0 Å². The van der Waals surface area contributed by atoms with Gasteiger partial charge in [-0.05, 0) is 24.2 Å². The highest BCUT2D eigenvalue weighted by molar-refractivity contribution is 7.80. The number of hydrogen-bond donors (Lipinski definition) is 2. The Hall–Kier alpha value is -1.35. The number of rotatable bonds is 3. The third kappa shape index (κ3) is 2.87. The van der Waals surface area contributed by atoms with Gasteiger partial charge in [-0.3, -0.25) is 0 Å². The number of allylic oxidation sites excluding steroid dienone is 1. The largest absolute Gasteiger partial charge is 0.376 e. The molecule has 2 nitrogen and oxygen atoms in total. The highest BCUT2D eigenvalue weighted by atomic mass is 32.1. The van der Waals surface area contributed by atoms with Crippen molar-refractivity contribution in [2.24, 2.45) is 5.73 Å². The quantitative estimate of drug-likeness (QED) is 0.566. The molecule has 1 radical (unpaired) electrons. The fraction of sp³-hybridized carbons (Fsp3) is 0.100. The highest BCUT2D eigenvalue weighted by Crippen LogP contribution is 2.14. The van der Waals surface area contributed by atoms with Crippen molar-refractivity contribution in [3.8, 4) is 0 Å². The van der Waals surface area contributed by atoms with Crippen LogP contribution in [0.25, 0.3) is 0 Å². The molecule has 0 aromatic heterocycles. The van der Waals surface area contributed by atoms with Gasteiger partial charge in [0.2, 0.25) is 0 Å². The smallest absolute Gasteiger partial charge is 0.168 e. The van der Waals surface area contributed by atoms with Crippen LogP contribution in [0.2, 0.25) is 0 Å². The molecule has 0 aliphatic rings. The van der Waals surface area contributed by atoms with Gasteiger partial charge in [0.1, 0.15) is 0 Å². The molecule has 0 amide bonds. The summed E-state index contributed by atoms with van der Waals surface area (Å²) in [5.74, 6) is 0. The van der Waals surface area contributed by atoms with Crippen LogP contribution >= 0.6 is 12.2 Å². The van der Waals surface area contributed by atoms with Crippen LogP contribution in [-0.2, 0) is 6.42 Å². The first-order valence-electron chi connectivity index (χ1n) is 3.91. The molecule has 1 aromatic rings. The molecule has 0 heterocycles. The van der Waals surface area contributed by atoms with E-state index in [0.717, 1.165) is 17.7 Å². The lowest BCUT2D eigenvalue weighted by Gasteiger charge is -2.07. The SMILES string of the molecule is C=CCc1ccc[c]c1NC(N)=S. The predicted octanol–water partition coefficient (Wildman–Crippen LogP) is 1.87. The Morgan fingerprint density at radius 1 is 1.77 bits per heavy atom. The van der Waals surface area contributed by atoms with Crippen LogP contribution in [0.3, 0.4) is 0 Å². The predicted molar refractivity (Wildman–Crippen MR) is 59.6 cm³/mol. The molecule has 0 saturated heterocycles. The van der Waals surface area contributed by atoms with Gasteiger partial charge in [0.05, 0.1) is 5.69 Å². The zero-order valence-electron chi connectivity index (χ0n) is 7.21. The molecular weight excluding hydrogens is 180 g/mol. The number of benzene rings is 1. The van der Waals surface area contributed by atoms with Gasteiger partial charge >= 0.3 is 0 Å². The van der Waals surface area contributed by atoms with Gasteiger partial charge in [0, 0.05) is 6.07 Å². The Kier molecular flexibility index (Phi) is 3.46. The van der Waals surface area contributed by atoms with E-state index in [1.807, 2.05) is 24.3 Å². The van der Waals surface area contributed by atoms with E-state index in [4.69, 9.17) is 18.0 Å². The van der Waals surface area contributed by atoms with Crippen molar-refractivity contribution < 1.29 is 0 Å². The van der Waals surface area contributed by atoms with Crippen molar-refractivity contribution in [3.05, 3.63) is 42.5 Å². The summed E-state index contributed by atoms with van der Waals surface area (Å²) in [6, 6.07) is 8.74. The zero-order chi connectivity index (χ0) is 9.68.